The molecule has 2 unspecified atom stereocenters. The van der Waals surface area contributed by atoms with E-state index in [1.165, 1.54) is 24.2 Å². The third-order valence-electron chi connectivity index (χ3n) is 3.47. The van der Waals surface area contributed by atoms with Gasteiger partial charge in [-0.15, -0.1) is 11.8 Å². The monoisotopic (exact) mass is 218 g/mol. The summed E-state index contributed by atoms with van der Waals surface area (Å²) < 4.78 is 0. The van der Waals surface area contributed by atoms with Gasteiger partial charge in [0.15, 0.2) is 5.78 Å². The Bertz CT molecular complexity index is 399. The summed E-state index contributed by atoms with van der Waals surface area (Å²) in [5, 5.41) is 0.557. The summed E-state index contributed by atoms with van der Waals surface area (Å²) in [6, 6.07) is 8.07. The molecule has 78 valence electrons. The van der Waals surface area contributed by atoms with E-state index in [-0.39, 0.29) is 0 Å². The molecule has 15 heavy (non-hydrogen) atoms. The van der Waals surface area contributed by atoms with Crippen molar-refractivity contribution in [1.29, 1.82) is 0 Å². The second kappa shape index (κ2) is 3.67. The number of ketones is 1. The highest BCUT2D eigenvalue weighted by Crippen LogP contribution is 2.44. The summed E-state index contributed by atoms with van der Waals surface area (Å²) in [4.78, 5) is 13.4. The Labute approximate surface area is 94.3 Å². The number of hydrogen-bond acceptors (Lipinski definition) is 2. The number of thioether (sulfide) groups is 1. The van der Waals surface area contributed by atoms with E-state index in [0.29, 0.717) is 17.0 Å². The lowest BCUT2D eigenvalue weighted by molar-refractivity contribution is 0.0887. The van der Waals surface area contributed by atoms with E-state index in [0.717, 1.165) is 12.0 Å². The Balaban J connectivity index is 2.02. The molecule has 1 nitrogen and oxygen atoms in total. The smallest absolute Gasteiger partial charge is 0.168 e. The maximum atomic E-state index is 12.2. The van der Waals surface area contributed by atoms with Gasteiger partial charge in [0.2, 0.25) is 0 Å². The Morgan fingerprint density at radius 2 is 1.93 bits per heavy atom. The third-order valence-corrected chi connectivity index (χ3v) is 4.95. The van der Waals surface area contributed by atoms with Gasteiger partial charge in [-0.25, -0.2) is 0 Å². The van der Waals surface area contributed by atoms with Gasteiger partial charge in [0.1, 0.15) is 0 Å². The molecule has 0 amide bonds. The van der Waals surface area contributed by atoms with Gasteiger partial charge in [0, 0.05) is 21.6 Å². The molecule has 0 saturated heterocycles. The fourth-order valence-corrected chi connectivity index (χ4v) is 4.16. The van der Waals surface area contributed by atoms with Crippen molar-refractivity contribution in [2.45, 2.75) is 35.8 Å². The average molecular weight is 218 g/mol. The molecule has 2 aliphatic rings. The van der Waals surface area contributed by atoms with Crippen molar-refractivity contribution in [2.75, 3.05) is 0 Å². The summed E-state index contributed by atoms with van der Waals surface area (Å²) in [5.74, 6) is 0.702. The fourth-order valence-electron chi connectivity index (χ4n) is 2.67. The lowest BCUT2D eigenvalue weighted by atomic mass is 9.83. The van der Waals surface area contributed by atoms with Crippen molar-refractivity contribution in [1.82, 2.24) is 0 Å². The van der Waals surface area contributed by atoms with Crippen LogP contribution in [0.2, 0.25) is 0 Å². The number of benzene rings is 1. The molecule has 2 atom stereocenters. The topological polar surface area (TPSA) is 17.1 Å². The second-order valence-electron chi connectivity index (χ2n) is 4.41. The van der Waals surface area contributed by atoms with Crippen LogP contribution in [0.25, 0.3) is 0 Å². The Kier molecular flexibility index (Phi) is 2.32. The number of carbonyl (C=O) groups excluding carboxylic acids is 1. The number of Topliss-reactive ketones (excluding diaryl/α,β-unsaturated/α-hetero) is 1. The number of hydrogen-bond donors (Lipinski definition) is 0. The van der Waals surface area contributed by atoms with Crippen LogP contribution in [0.5, 0.6) is 0 Å². The molecule has 1 aromatic rings. The minimum Gasteiger partial charge on any atom is -0.294 e. The van der Waals surface area contributed by atoms with E-state index >= 15 is 0 Å². The van der Waals surface area contributed by atoms with Gasteiger partial charge in [-0.1, -0.05) is 31.0 Å². The van der Waals surface area contributed by atoms with E-state index in [4.69, 9.17) is 0 Å². The molecule has 1 aliphatic heterocycles. The molecule has 1 aromatic carbocycles. The van der Waals surface area contributed by atoms with Gasteiger partial charge < -0.3 is 0 Å². The van der Waals surface area contributed by atoms with Gasteiger partial charge in [-0.2, -0.15) is 0 Å². The zero-order chi connectivity index (χ0) is 10.3. The lowest BCUT2D eigenvalue weighted by Crippen LogP contribution is -2.32. The van der Waals surface area contributed by atoms with Crippen molar-refractivity contribution >= 4 is 17.5 Å². The first kappa shape index (κ1) is 9.46. The fraction of sp³-hybridized carbons (Fsp3) is 0.462. The molecular weight excluding hydrogens is 204 g/mol. The summed E-state index contributed by atoms with van der Waals surface area (Å²) in [6.07, 6.45) is 4.85. The Morgan fingerprint density at radius 1 is 1.13 bits per heavy atom. The second-order valence-corrected chi connectivity index (χ2v) is 5.69. The van der Waals surface area contributed by atoms with Crippen molar-refractivity contribution in [2.24, 2.45) is 5.92 Å². The highest BCUT2D eigenvalue weighted by Gasteiger charge is 2.37. The molecule has 1 heterocycles. The molecule has 0 spiro atoms. The molecule has 3 rings (SSSR count). The lowest BCUT2D eigenvalue weighted by Gasteiger charge is -2.34. The SMILES string of the molecule is O=C1c2ccccc2SC2CCCCC12. The van der Waals surface area contributed by atoms with Crippen molar-refractivity contribution in [3.05, 3.63) is 29.8 Å². The Hall–Kier alpha value is -0.760. The first-order valence-electron chi connectivity index (χ1n) is 5.66. The normalized spacial score (nSPS) is 29.5. The van der Waals surface area contributed by atoms with Crippen LogP contribution in [0.4, 0.5) is 0 Å². The molecule has 0 radical (unpaired) electrons. The molecule has 0 bridgehead atoms. The van der Waals surface area contributed by atoms with E-state index in [2.05, 4.69) is 6.07 Å². The van der Waals surface area contributed by atoms with Crippen LogP contribution in [0, 0.1) is 5.92 Å². The van der Waals surface area contributed by atoms with Gasteiger partial charge in [0.25, 0.3) is 0 Å². The predicted octanol–water partition coefficient (Wildman–Crippen LogP) is 3.53. The minimum atomic E-state index is 0.304. The highest BCUT2D eigenvalue weighted by molar-refractivity contribution is 8.00. The quantitative estimate of drug-likeness (QED) is 0.662. The summed E-state index contributed by atoms with van der Waals surface area (Å²) in [5.41, 5.74) is 0.964. The van der Waals surface area contributed by atoms with Crippen LogP contribution in [0.1, 0.15) is 36.0 Å². The number of fused-ring (bicyclic) bond motifs is 2. The zero-order valence-corrected chi connectivity index (χ0v) is 9.43. The van der Waals surface area contributed by atoms with Gasteiger partial charge in [-0.05, 0) is 18.9 Å². The first-order chi connectivity index (χ1) is 7.36. The number of carbonyl (C=O) groups is 1. The van der Waals surface area contributed by atoms with E-state index in [1.807, 2.05) is 30.0 Å². The van der Waals surface area contributed by atoms with Gasteiger partial charge in [0.05, 0.1) is 0 Å². The van der Waals surface area contributed by atoms with Gasteiger partial charge >= 0.3 is 0 Å². The van der Waals surface area contributed by atoms with Crippen molar-refractivity contribution in [3.63, 3.8) is 0 Å². The van der Waals surface area contributed by atoms with Crippen LogP contribution in [-0.2, 0) is 0 Å². The van der Waals surface area contributed by atoms with E-state index < -0.39 is 0 Å². The predicted molar refractivity (Wildman–Crippen MR) is 62.4 cm³/mol. The van der Waals surface area contributed by atoms with Crippen LogP contribution in [0.3, 0.4) is 0 Å². The van der Waals surface area contributed by atoms with Crippen LogP contribution >= 0.6 is 11.8 Å². The summed E-state index contributed by atoms with van der Waals surface area (Å²) in [7, 11) is 0. The maximum absolute atomic E-state index is 12.2. The van der Waals surface area contributed by atoms with Crippen molar-refractivity contribution in [3.8, 4) is 0 Å². The molecule has 1 fully saturated rings. The summed E-state index contributed by atoms with van der Waals surface area (Å²) >= 11 is 1.92. The first-order valence-corrected chi connectivity index (χ1v) is 6.54. The highest BCUT2D eigenvalue weighted by atomic mass is 32.2. The van der Waals surface area contributed by atoms with Crippen LogP contribution in [-0.4, -0.2) is 11.0 Å². The zero-order valence-electron chi connectivity index (χ0n) is 8.61. The minimum absolute atomic E-state index is 0.304. The molecule has 0 N–H and O–H groups in total. The molecule has 1 aliphatic carbocycles. The largest absolute Gasteiger partial charge is 0.294 e. The van der Waals surface area contributed by atoms with Crippen molar-refractivity contribution < 1.29 is 4.79 Å². The van der Waals surface area contributed by atoms with Crippen LogP contribution in [0.15, 0.2) is 29.2 Å². The molecule has 0 aromatic heterocycles. The Morgan fingerprint density at radius 3 is 2.87 bits per heavy atom. The summed E-state index contributed by atoms with van der Waals surface area (Å²) in [6.45, 7) is 0. The standard InChI is InChI=1S/C13H14OS/c14-13-9-5-1-3-7-11(9)15-12-8-4-2-6-10(12)13/h1,3,5,7,10,12H,2,4,6,8H2. The van der Waals surface area contributed by atoms with Gasteiger partial charge in [-0.3, -0.25) is 4.79 Å². The average Bonchev–Trinajstić information content (AvgIpc) is 2.30. The number of rotatable bonds is 0. The molecule has 1 saturated carbocycles. The third kappa shape index (κ3) is 1.51. The van der Waals surface area contributed by atoms with Crippen LogP contribution < -0.4 is 0 Å². The van der Waals surface area contributed by atoms with E-state index in [9.17, 15) is 4.79 Å². The maximum Gasteiger partial charge on any atom is 0.168 e. The van der Waals surface area contributed by atoms with E-state index in [1.54, 1.807) is 0 Å². The molecule has 2 heteroatoms. The molecular formula is C13H14OS.